The van der Waals surface area contributed by atoms with Crippen molar-refractivity contribution in [3.63, 3.8) is 0 Å². The molecule has 0 bridgehead atoms. The van der Waals surface area contributed by atoms with Crippen LogP contribution in [0.1, 0.15) is 48.6 Å². The highest BCUT2D eigenvalue weighted by atomic mass is 16.3. The molecule has 8 aromatic rings. The van der Waals surface area contributed by atoms with Gasteiger partial charge in [-0.2, -0.15) is 0 Å². The van der Waals surface area contributed by atoms with Gasteiger partial charge in [-0.3, -0.25) is 0 Å². The molecule has 0 spiro atoms. The van der Waals surface area contributed by atoms with Crippen LogP contribution in [0.5, 0.6) is 0 Å². The van der Waals surface area contributed by atoms with Crippen molar-refractivity contribution in [2.45, 2.75) is 31.6 Å². The molecule has 49 heavy (non-hydrogen) atoms. The number of para-hydroxylation sites is 2. The summed E-state index contributed by atoms with van der Waals surface area (Å²) in [5.41, 5.74) is 16.5. The minimum Gasteiger partial charge on any atom is -0.454 e. The quantitative estimate of drug-likeness (QED) is 0.193. The van der Waals surface area contributed by atoms with Gasteiger partial charge < -0.3 is 9.32 Å². The van der Waals surface area contributed by atoms with Crippen LogP contribution in [0.3, 0.4) is 0 Å². The van der Waals surface area contributed by atoms with Crippen LogP contribution in [0.15, 0.2) is 162 Å². The van der Waals surface area contributed by atoms with Crippen molar-refractivity contribution in [3.8, 4) is 22.3 Å². The van der Waals surface area contributed by atoms with Crippen molar-refractivity contribution in [1.82, 2.24) is 0 Å². The Bertz CT molecular complexity index is 2610. The highest BCUT2D eigenvalue weighted by Crippen LogP contribution is 2.58. The molecule has 1 aromatic heterocycles. The average molecular weight is 630 g/mol. The van der Waals surface area contributed by atoms with E-state index in [9.17, 15) is 0 Å². The molecule has 1 heterocycles. The highest BCUT2D eigenvalue weighted by Gasteiger charge is 2.43. The van der Waals surface area contributed by atoms with Gasteiger partial charge in [0.05, 0.1) is 11.4 Å². The Morgan fingerprint density at radius 2 is 1.10 bits per heavy atom. The average Bonchev–Trinajstić information content (AvgIpc) is 3.74. The fraction of sp³-hybridized carbons (Fsp3) is 0.106. The van der Waals surface area contributed by atoms with Gasteiger partial charge >= 0.3 is 0 Å². The predicted molar refractivity (Wildman–Crippen MR) is 203 cm³/mol. The second-order valence-electron chi connectivity index (χ2n) is 14.2. The Labute approximate surface area is 286 Å². The summed E-state index contributed by atoms with van der Waals surface area (Å²) >= 11 is 0. The molecule has 0 saturated carbocycles. The van der Waals surface area contributed by atoms with E-state index < -0.39 is 0 Å². The van der Waals surface area contributed by atoms with Gasteiger partial charge in [0.1, 0.15) is 5.58 Å². The van der Waals surface area contributed by atoms with E-state index in [1.165, 1.54) is 50.1 Å². The molecule has 234 valence electrons. The number of fused-ring (bicyclic) bond motifs is 9. The van der Waals surface area contributed by atoms with E-state index in [1.54, 1.807) is 0 Å². The van der Waals surface area contributed by atoms with Crippen LogP contribution in [0, 0.1) is 0 Å². The largest absolute Gasteiger partial charge is 0.454 e. The molecular weight excluding hydrogens is 595 g/mol. The lowest BCUT2D eigenvalue weighted by Gasteiger charge is -2.31. The molecule has 0 radical (unpaired) electrons. The molecule has 2 aliphatic rings. The molecule has 10 rings (SSSR count). The number of nitrogens with zero attached hydrogens (tertiary/aromatic N) is 1. The van der Waals surface area contributed by atoms with Crippen molar-refractivity contribution < 1.29 is 4.42 Å². The predicted octanol–water partition coefficient (Wildman–Crippen LogP) is 12.7. The second-order valence-corrected chi connectivity index (χ2v) is 14.2. The standard InChI is InChI=1S/C47H35NO/c1-46(2)37-21-10-7-17-32(37)33-28-27-31(29-40(33)46)48(42-25-13-20-35-34-18-9-12-26-43(34)49-45(35)42)41-24-14-23-39-44(41)36-19-8-11-22-38(36)47(39,3)30-15-5-4-6-16-30/h4-29H,1-3H3. The van der Waals surface area contributed by atoms with E-state index in [-0.39, 0.29) is 10.8 Å². The zero-order chi connectivity index (χ0) is 32.9. The summed E-state index contributed by atoms with van der Waals surface area (Å²) in [5.74, 6) is 0. The molecule has 0 N–H and O–H groups in total. The third-order valence-electron chi connectivity index (χ3n) is 11.4. The van der Waals surface area contributed by atoms with E-state index in [0.717, 1.165) is 39.0 Å². The topological polar surface area (TPSA) is 16.4 Å². The van der Waals surface area contributed by atoms with Crippen LogP contribution in [0.4, 0.5) is 17.1 Å². The van der Waals surface area contributed by atoms with Crippen LogP contribution >= 0.6 is 0 Å². The Kier molecular flexibility index (Phi) is 5.79. The van der Waals surface area contributed by atoms with Crippen LogP contribution in [0.2, 0.25) is 0 Å². The van der Waals surface area contributed by atoms with E-state index >= 15 is 0 Å². The Morgan fingerprint density at radius 3 is 1.96 bits per heavy atom. The Hall–Kier alpha value is -5.86. The lowest BCUT2D eigenvalue weighted by molar-refractivity contribution is 0.660. The summed E-state index contributed by atoms with van der Waals surface area (Å²) in [6.45, 7) is 7.09. The summed E-state index contributed by atoms with van der Waals surface area (Å²) in [4.78, 5) is 2.45. The smallest absolute Gasteiger partial charge is 0.159 e. The summed E-state index contributed by atoms with van der Waals surface area (Å²) in [7, 11) is 0. The second kappa shape index (κ2) is 10.1. The fourth-order valence-electron chi connectivity index (χ4n) is 8.94. The van der Waals surface area contributed by atoms with Crippen LogP contribution in [-0.2, 0) is 10.8 Å². The maximum absolute atomic E-state index is 6.75. The first-order valence-electron chi connectivity index (χ1n) is 17.2. The molecular formula is C47H35NO. The first-order chi connectivity index (χ1) is 24.0. The monoisotopic (exact) mass is 629 g/mol. The Morgan fingerprint density at radius 1 is 0.469 bits per heavy atom. The van der Waals surface area contributed by atoms with Crippen molar-refractivity contribution in [2.75, 3.05) is 4.90 Å². The molecule has 7 aromatic carbocycles. The number of anilines is 3. The van der Waals surface area contributed by atoms with Gasteiger partial charge in [-0.15, -0.1) is 0 Å². The van der Waals surface area contributed by atoms with Gasteiger partial charge in [0.2, 0.25) is 0 Å². The van der Waals surface area contributed by atoms with Crippen molar-refractivity contribution >= 4 is 39.0 Å². The van der Waals surface area contributed by atoms with E-state index in [2.05, 4.69) is 177 Å². The molecule has 2 aliphatic carbocycles. The third-order valence-corrected chi connectivity index (χ3v) is 11.4. The Balaban J connectivity index is 1.29. The molecule has 0 saturated heterocycles. The first-order valence-corrected chi connectivity index (χ1v) is 17.2. The van der Waals surface area contributed by atoms with Gasteiger partial charge in [0.25, 0.3) is 0 Å². The van der Waals surface area contributed by atoms with Gasteiger partial charge in [-0.05, 0) is 81.8 Å². The van der Waals surface area contributed by atoms with Crippen LogP contribution in [0.25, 0.3) is 44.2 Å². The number of benzene rings is 7. The molecule has 2 nitrogen and oxygen atoms in total. The molecule has 0 aliphatic heterocycles. The summed E-state index contributed by atoms with van der Waals surface area (Å²) in [5, 5.41) is 2.25. The first kappa shape index (κ1) is 28.2. The zero-order valence-electron chi connectivity index (χ0n) is 27.9. The van der Waals surface area contributed by atoms with E-state index in [1.807, 2.05) is 6.07 Å². The molecule has 0 fully saturated rings. The van der Waals surface area contributed by atoms with Crippen LogP contribution < -0.4 is 4.90 Å². The normalized spacial score (nSPS) is 16.7. The maximum Gasteiger partial charge on any atom is 0.159 e. The number of furan rings is 1. The van der Waals surface area contributed by atoms with Crippen LogP contribution in [-0.4, -0.2) is 0 Å². The molecule has 0 amide bonds. The van der Waals surface area contributed by atoms with Crippen molar-refractivity contribution in [3.05, 3.63) is 186 Å². The summed E-state index contributed by atoms with van der Waals surface area (Å²) in [6, 6.07) is 57.6. The minimum absolute atomic E-state index is 0.129. The maximum atomic E-state index is 6.75. The lowest BCUT2D eigenvalue weighted by Crippen LogP contribution is -2.22. The van der Waals surface area contributed by atoms with E-state index in [0.29, 0.717) is 0 Å². The van der Waals surface area contributed by atoms with E-state index in [4.69, 9.17) is 4.42 Å². The SMILES string of the molecule is CC1(C)c2ccccc2-c2ccc(N(c3cccc4c3-c3ccccc3C4(C)c3ccccc3)c3cccc4c3oc3ccccc34)cc21. The van der Waals surface area contributed by atoms with Crippen molar-refractivity contribution in [1.29, 1.82) is 0 Å². The molecule has 2 heteroatoms. The summed E-state index contributed by atoms with van der Waals surface area (Å²) in [6.07, 6.45) is 0. The lowest BCUT2D eigenvalue weighted by atomic mass is 9.74. The molecule has 1 unspecified atom stereocenters. The number of rotatable bonds is 4. The number of hydrogen-bond donors (Lipinski definition) is 0. The van der Waals surface area contributed by atoms with Gasteiger partial charge in [0, 0.05) is 32.9 Å². The zero-order valence-corrected chi connectivity index (χ0v) is 27.9. The van der Waals surface area contributed by atoms with Gasteiger partial charge in [0.15, 0.2) is 5.58 Å². The number of hydrogen-bond acceptors (Lipinski definition) is 2. The van der Waals surface area contributed by atoms with Gasteiger partial charge in [-0.25, -0.2) is 0 Å². The molecule has 1 atom stereocenters. The van der Waals surface area contributed by atoms with Gasteiger partial charge in [-0.1, -0.05) is 141 Å². The highest BCUT2D eigenvalue weighted by molar-refractivity contribution is 6.11. The van der Waals surface area contributed by atoms with Crippen molar-refractivity contribution in [2.24, 2.45) is 0 Å². The fourth-order valence-corrected chi connectivity index (χ4v) is 8.94. The third kappa shape index (κ3) is 3.77. The minimum atomic E-state index is -0.304. The summed E-state index contributed by atoms with van der Waals surface area (Å²) < 4.78 is 6.75.